The Balaban J connectivity index is 0.00000264. The van der Waals surface area contributed by atoms with E-state index < -0.39 is 6.04 Å². The van der Waals surface area contributed by atoms with Crippen molar-refractivity contribution in [2.75, 3.05) is 30.8 Å². The third kappa shape index (κ3) is 6.22. The van der Waals surface area contributed by atoms with Gasteiger partial charge in [-0.3, -0.25) is 14.9 Å². The maximum absolute atomic E-state index is 12.1. The molecule has 0 radical (unpaired) electrons. The molecule has 0 saturated carbocycles. The Morgan fingerprint density at radius 1 is 1.52 bits per heavy atom. The molecule has 2 atom stereocenters. The Bertz CT molecular complexity index is 531. The average molecular weight is 383 g/mol. The SMILES string of the molecule is CCOC(=O)CSc1nnc(NC(=O)[C@H]2NCCO[C@@H]2C)s1.Cl. The number of hydrogen-bond donors (Lipinski definition) is 2. The van der Waals surface area contributed by atoms with Gasteiger partial charge in [0.2, 0.25) is 11.0 Å². The van der Waals surface area contributed by atoms with Crippen molar-refractivity contribution in [3.63, 3.8) is 0 Å². The Morgan fingerprint density at radius 2 is 2.30 bits per heavy atom. The van der Waals surface area contributed by atoms with Crippen LogP contribution in [0.3, 0.4) is 0 Å². The van der Waals surface area contributed by atoms with Crippen LogP contribution in [0.5, 0.6) is 0 Å². The molecule has 1 saturated heterocycles. The Labute approximate surface area is 148 Å². The first-order valence-electron chi connectivity index (χ1n) is 6.88. The van der Waals surface area contributed by atoms with Gasteiger partial charge >= 0.3 is 5.97 Å². The van der Waals surface area contributed by atoms with E-state index in [0.717, 1.165) is 0 Å². The molecule has 1 aromatic heterocycles. The summed E-state index contributed by atoms with van der Waals surface area (Å²) in [7, 11) is 0. The van der Waals surface area contributed by atoms with Crippen LogP contribution in [0.25, 0.3) is 0 Å². The summed E-state index contributed by atoms with van der Waals surface area (Å²) in [6.07, 6.45) is -0.195. The number of ether oxygens (including phenoxy) is 2. The highest BCUT2D eigenvalue weighted by Gasteiger charge is 2.28. The van der Waals surface area contributed by atoms with Crippen molar-refractivity contribution in [3.05, 3.63) is 0 Å². The number of nitrogens with zero attached hydrogens (tertiary/aromatic N) is 2. The smallest absolute Gasteiger partial charge is 0.316 e. The van der Waals surface area contributed by atoms with E-state index in [2.05, 4.69) is 20.8 Å². The van der Waals surface area contributed by atoms with Crippen molar-refractivity contribution in [2.45, 2.75) is 30.3 Å². The second-order valence-corrected chi connectivity index (χ2v) is 6.66. The summed E-state index contributed by atoms with van der Waals surface area (Å²) in [6.45, 7) is 5.19. The number of esters is 1. The maximum Gasteiger partial charge on any atom is 0.316 e. The largest absolute Gasteiger partial charge is 0.465 e. The van der Waals surface area contributed by atoms with Gasteiger partial charge < -0.3 is 14.8 Å². The fourth-order valence-electron chi connectivity index (χ4n) is 1.85. The first-order chi connectivity index (χ1) is 10.6. The minimum Gasteiger partial charge on any atom is -0.465 e. The normalized spacial score (nSPS) is 20.4. The number of aromatic nitrogens is 2. The van der Waals surface area contributed by atoms with Crippen LogP contribution in [0.15, 0.2) is 4.34 Å². The molecular formula is C12H19ClN4O4S2. The number of nitrogens with one attached hydrogen (secondary N) is 2. The molecule has 1 aliphatic heterocycles. The molecule has 2 N–H and O–H groups in total. The van der Waals surface area contributed by atoms with E-state index in [1.807, 2.05) is 6.92 Å². The van der Waals surface area contributed by atoms with Gasteiger partial charge in [0.05, 0.1) is 25.1 Å². The van der Waals surface area contributed by atoms with Gasteiger partial charge in [-0.15, -0.1) is 22.6 Å². The highest BCUT2D eigenvalue weighted by atomic mass is 35.5. The predicted molar refractivity (Wildman–Crippen MR) is 90.3 cm³/mol. The van der Waals surface area contributed by atoms with Crippen molar-refractivity contribution < 1.29 is 19.1 Å². The quantitative estimate of drug-likeness (QED) is 0.425. The molecule has 11 heteroatoms. The van der Waals surface area contributed by atoms with Crippen LogP contribution in [0.2, 0.25) is 0 Å². The molecule has 2 heterocycles. The summed E-state index contributed by atoms with van der Waals surface area (Å²) >= 11 is 2.45. The zero-order valence-electron chi connectivity index (χ0n) is 12.7. The van der Waals surface area contributed by atoms with Crippen LogP contribution in [0.1, 0.15) is 13.8 Å². The monoisotopic (exact) mass is 382 g/mol. The number of carbonyl (C=O) groups excluding carboxylic acids is 2. The fourth-order valence-corrected chi connectivity index (χ4v) is 3.41. The fraction of sp³-hybridized carbons (Fsp3) is 0.667. The number of thioether (sulfide) groups is 1. The van der Waals surface area contributed by atoms with E-state index in [4.69, 9.17) is 9.47 Å². The van der Waals surface area contributed by atoms with Gasteiger partial charge in [-0.2, -0.15) is 0 Å². The second kappa shape index (κ2) is 10.0. The van der Waals surface area contributed by atoms with Crippen LogP contribution in [-0.4, -0.2) is 59.7 Å². The minimum absolute atomic E-state index is 0. The first-order valence-corrected chi connectivity index (χ1v) is 8.68. The van der Waals surface area contributed by atoms with E-state index >= 15 is 0 Å². The summed E-state index contributed by atoms with van der Waals surface area (Å²) in [4.78, 5) is 23.4. The molecular weight excluding hydrogens is 364 g/mol. The molecule has 1 aromatic rings. The standard InChI is InChI=1S/C12H18N4O4S2.ClH/c1-3-19-8(17)6-21-12-16-15-11(22-12)14-10(18)9-7(2)20-5-4-13-9;/h7,9,13H,3-6H2,1-2H3,(H,14,15,18);1H/t7-,9+;/m1./s1. The second-order valence-electron chi connectivity index (χ2n) is 4.46. The van der Waals surface area contributed by atoms with Crippen molar-refractivity contribution in [2.24, 2.45) is 0 Å². The molecule has 0 bridgehead atoms. The summed E-state index contributed by atoms with van der Waals surface area (Å²) in [5.74, 6) is -0.332. The van der Waals surface area contributed by atoms with Gasteiger partial charge in [0.25, 0.3) is 0 Å². The Morgan fingerprint density at radius 3 is 3.00 bits per heavy atom. The number of hydrogen-bond acceptors (Lipinski definition) is 9. The van der Waals surface area contributed by atoms with E-state index in [-0.39, 0.29) is 36.1 Å². The summed E-state index contributed by atoms with van der Waals surface area (Å²) < 4.78 is 10.9. The van der Waals surface area contributed by atoms with Crippen molar-refractivity contribution in [3.8, 4) is 0 Å². The molecule has 0 aliphatic carbocycles. The number of amides is 1. The Hall–Kier alpha value is -0.940. The van der Waals surface area contributed by atoms with Crippen molar-refractivity contribution in [1.82, 2.24) is 15.5 Å². The zero-order chi connectivity index (χ0) is 15.9. The number of rotatable bonds is 6. The molecule has 0 spiro atoms. The molecule has 0 aromatic carbocycles. The van der Waals surface area contributed by atoms with E-state index in [1.54, 1.807) is 6.92 Å². The van der Waals surface area contributed by atoms with Crippen LogP contribution in [-0.2, 0) is 19.1 Å². The van der Waals surface area contributed by atoms with Crippen LogP contribution in [0, 0.1) is 0 Å². The van der Waals surface area contributed by atoms with E-state index in [1.165, 1.54) is 23.1 Å². The lowest BCUT2D eigenvalue weighted by Crippen LogP contribution is -2.53. The van der Waals surface area contributed by atoms with Crippen LogP contribution in [0.4, 0.5) is 5.13 Å². The lowest BCUT2D eigenvalue weighted by Gasteiger charge is -2.28. The van der Waals surface area contributed by atoms with Gasteiger partial charge in [0.15, 0.2) is 4.34 Å². The molecule has 1 fully saturated rings. The first kappa shape index (κ1) is 20.1. The lowest BCUT2D eigenvalue weighted by molar-refractivity contribution is -0.139. The average Bonchev–Trinajstić information content (AvgIpc) is 2.93. The summed E-state index contributed by atoms with van der Waals surface area (Å²) in [6, 6.07) is -0.409. The molecule has 130 valence electrons. The van der Waals surface area contributed by atoms with E-state index in [9.17, 15) is 9.59 Å². The van der Waals surface area contributed by atoms with Crippen LogP contribution < -0.4 is 10.6 Å². The third-order valence-electron chi connectivity index (χ3n) is 2.85. The molecule has 1 amide bonds. The molecule has 2 rings (SSSR count). The molecule has 8 nitrogen and oxygen atoms in total. The number of carbonyl (C=O) groups is 2. The zero-order valence-corrected chi connectivity index (χ0v) is 15.2. The summed E-state index contributed by atoms with van der Waals surface area (Å²) in [5, 5.41) is 14.0. The molecule has 0 unspecified atom stereocenters. The van der Waals surface area contributed by atoms with Gasteiger partial charge in [-0.05, 0) is 13.8 Å². The number of halogens is 1. The number of morpholine rings is 1. The third-order valence-corrected chi connectivity index (χ3v) is 4.80. The van der Waals surface area contributed by atoms with Crippen molar-refractivity contribution >= 4 is 52.5 Å². The van der Waals surface area contributed by atoms with Gasteiger partial charge in [0.1, 0.15) is 6.04 Å². The van der Waals surface area contributed by atoms with Gasteiger partial charge in [-0.25, -0.2) is 0 Å². The highest BCUT2D eigenvalue weighted by molar-refractivity contribution is 8.01. The van der Waals surface area contributed by atoms with Gasteiger partial charge in [-0.1, -0.05) is 23.1 Å². The molecule has 23 heavy (non-hydrogen) atoms. The maximum atomic E-state index is 12.1. The van der Waals surface area contributed by atoms with Crippen LogP contribution >= 0.6 is 35.5 Å². The summed E-state index contributed by atoms with van der Waals surface area (Å²) in [5.41, 5.74) is 0. The predicted octanol–water partition coefficient (Wildman–Crippen LogP) is 0.930. The van der Waals surface area contributed by atoms with Crippen molar-refractivity contribution in [1.29, 1.82) is 0 Å². The Kier molecular flexibility index (Phi) is 8.77. The van der Waals surface area contributed by atoms with E-state index in [0.29, 0.717) is 29.2 Å². The highest BCUT2D eigenvalue weighted by Crippen LogP contribution is 2.25. The number of anilines is 1. The lowest BCUT2D eigenvalue weighted by atomic mass is 10.1. The molecule has 1 aliphatic rings. The minimum atomic E-state index is -0.409. The topological polar surface area (TPSA) is 102 Å². The van der Waals surface area contributed by atoms with Gasteiger partial charge in [0, 0.05) is 6.54 Å².